The molecule has 0 aromatic heterocycles. The van der Waals surface area contributed by atoms with Crippen molar-refractivity contribution in [2.45, 2.75) is 39.3 Å². The highest BCUT2D eigenvalue weighted by Gasteiger charge is 2.32. The number of ether oxygens (including phenoxy) is 1. The molecule has 6 heteroatoms. The molecule has 2 aromatic carbocycles. The van der Waals surface area contributed by atoms with E-state index in [9.17, 15) is 9.59 Å². The summed E-state index contributed by atoms with van der Waals surface area (Å²) in [4.78, 5) is 24.5. The van der Waals surface area contributed by atoms with Crippen molar-refractivity contribution in [3.8, 4) is 0 Å². The van der Waals surface area contributed by atoms with E-state index in [1.807, 2.05) is 19.1 Å². The molecule has 1 aliphatic rings. The third-order valence-electron chi connectivity index (χ3n) is 5.14. The Labute approximate surface area is 165 Å². The Balaban J connectivity index is 1.85. The maximum absolute atomic E-state index is 12.5. The molecule has 0 spiro atoms. The van der Waals surface area contributed by atoms with Gasteiger partial charge in [0.2, 0.25) is 0 Å². The van der Waals surface area contributed by atoms with Crippen LogP contribution >= 0.6 is 0 Å². The van der Waals surface area contributed by atoms with Gasteiger partial charge in [-0.15, -0.1) is 0 Å². The summed E-state index contributed by atoms with van der Waals surface area (Å²) in [5.74, 6) is -0.372. The summed E-state index contributed by atoms with van der Waals surface area (Å²) < 4.78 is 5.23. The summed E-state index contributed by atoms with van der Waals surface area (Å²) in [6.07, 6.45) is 0.629. The molecule has 2 amide bonds. The Kier molecular flexibility index (Phi) is 6.31. The van der Waals surface area contributed by atoms with Gasteiger partial charge in [0, 0.05) is 5.56 Å². The molecule has 4 N–H and O–H groups in total. The van der Waals surface area contributed by atoms with E-state index in [1.54, 1.807) is 6.92 Å². The maximum Gasteiger partial charge on any atom is 0.338 e. The number of quaternary nitrogens is 1. The zero-order valence-electron chi connectivity index (χ0n) is 16.6. The third-order valence-corrected chi connectivity index (χ3v) is 5.14. The Morgan fingerprint density at radius 1 is 1.18 bits per heavy atom. The predicted octanol–water partition coefficient (Wildman–Crippen LogP) is 2.37. The molecule has 0 unspecified atom stereocenters. The van der Waals surface area contributed by atoms with Crippen molar-refractivity contribution < 1.29 is 19.6 Å². The molecule has 28 heavy (non-hydrogen) atoms. The van der Waals surface area contributed by atoms with Gasteiger partial charge in [-0.3, -0.25) is 0 Å². The van der Waals surface area contributed by atoms with Crippen LogP contribution in [0, 0.1) is 0 Å². The van der Waals surface area contributed by atoms with E-state index in [2.05, 4.69) is 53.2 Å². The van der Waals surface area contributed by atoms with Crippen LogP contribution < -0.4 is 16.0 Å². The van der Waals surface area contributed by atoms with Gasteiger partial charge in [0.25, 0.3) is 0 Å². The first kappa shape index (κ1) is 19.9. The van der Waals surface area contributed by atoms with E-state index >= 15 is 0 Å². The minimum Gasteiger partial charge on any atom is -0.463 e. The van der Waals surface area contributed by atoms with Crippen LogP contribution in [-0.4, -0.2) is 31.2 Å². The number of nitrogens with two attached hydrogens (primary N) is 1. The highest BCUT2D eigenvalue weighted by atomic mass is 16.5. The molecule has 0 saturated carbocycles. The molecular formula is C22H28N3O3+. The van der Waals surface area contributed by atoms with Gasteiger partial charge < -0.3 is 20.7 Å². The Bertz CT molecular complexity index is 902. The zero-order valence-corrected chi connectivity index (χ0v) is 16.6. The predicted molar refractivity (Wildman–Crippen MR) is 109 cm³/mol. The smallest absolute Gasteiger partial charge is 0.338 e. The van der Waals surface area contributed by atoms with E-state index in [0.29, 0.717) is 30.8 Å². The molecule has 3 rings (SSSR count). The summed E-state index contributed by atoms with van der Waals surface area (Å²) in [5, 5.41) is 10.2. The molecule has 1 aliphatic heterocycles. The molecular weight excluding hydrogens is 354 g/mol. The van der Waals surface area contributed by atoms with E-state index in [4.69, 9.17) is 4.74 Å². The molecule has 148 valence electrons. The SMILES string of the molecule is CCOC(=O)C1=C(C[NH2+][C@@H](C)c2cccc3ccccc23)NC(=O)N[C@H]1CC. The first-order valence-electron chi connectivity index (χ1n) is 9.83. The van der Waals surface area contributed by atoms with Gasteiger partial charge in [0.1, 0.15) is 12.6 Å². The number of benzene rings is 2. The van der Waals surface area contributed by atoms with Gasteiger partial charge in [-0.25, -0.2) is 9.59 Å². The number of amides is 2. The van der Waals surface area contributed by atoms with Gasteiger partial charge in [-0.1, -0.05) is 49.4 Å². The third kappa shape index (κ3) is 4.17. The van der Waals surface area contributed by atoms with E-state index < -0.39 is 0 Å². The van der Waals surface area contributed by atoms with Crippen LogP contribution in [0.4, 0.5) is 4.79 Å². The first-order chi connectivity index (χ1) is 13.5. The Morgan fingerprint density at radius 2 is 1.93 bits per heavy atom. The molecule has 6 nitrogen and oxygen atoms in total. The lowest BCUT2D eigenvalue weighted by Crippen LogP contribution is -2.86. The second kappa shape index (κ2) is 8.89. The molecule has 2 aromatic rings. The van der Waals surface area contributed by atoms with Crippen LogP contribution in [0.1, 0.15) is 38.8 Å². The number of urea groups is 1. The summed E-state index contributed by atoms with van der Waals surface area (Å²) in [7, 11) is 0. The second-order valence-electron chi connectivity index (χ2n) is 6.97. The Hall–Kier alpha value is -2.86. The van der Waals surface area contributed by atoms with Crippen LogP contribution in [0.2, 0.25) is 0 Å². The normalized spacial score (nSPS) is 17.8. The molecule has 0 fully saturated rings. The van der Waals surface area contributed by atoms with Crippen molar-refractivity contribution >= 4 is 22.8 Å². The van der Waals surface area contributed by atoms with E-state index in [0.717, 1.165) is 0 Å². The highest BCUT2D eigenvalue weighted by molar-refractivity contribution is 5.94. The number of hydrogen-bond donors (Lipinski definition) is 3. The summed E-state index contributed by atoms with van der Waals surface area (Å²) >= 11 is 0. The lowest BCUT2D eigenvalue weighted by molar-refractivity contribution is -0.686. The molecule has 0 saturated heterocycles. The van der Waals surface area contributed by atoms with Crippen molar-refractivity contribution in [3.05, 3.63) is 59.3 Å². The first-order valence-corrected chi connectivity index (χ1v) is 9.83. The average molecular weight is 382 g/mol. The standard InChI is InChI=1S/C22H27N3O3/c1-4-18-20(21(26)28-5-2)19(25-22(27)24-18)13-23-14(3)16-12-8-10-15-9-6-7-11-17(15)16/h6-12,14,18,23H,4-5,13H2,1-3H3,(H2,24,25,27)/p+1/t14-,18-/m0/s1. The number of hydrogen-bond acceptors (Lipinski definition) is 3. The topological polar surface area (TPSA) is 84.0 Å². The number of carbonyl (C=O) groups is 2. The summed E-state index contributed by atoms with van der Waals surface area (Å²) in [6.45, 7) is 6.64. The molecule has 0 aliphatic carbocycles. The molecule has 0 bridgehead atoms. The number of nitrogens with one attached hydrogen (secondary N) is 2. The minimum atomic E-state index is -0.372. The molecule has 1 heterocycles. The lowest BCUT2D eigenvalue weighted by Gasteiger charge is -2.28. The van der Waals surface area contributed by atoms with Crippen molar-refractivity contribution in [2.75, 3.05) is 13.2 Å². The van der Waals surface area contributed by atoms with Crippen molar-refractivity contribution in [3.63, 3.8) is 0 Å². The maximum atomic E-state index is 12.5. The van der Waals surface area contributed by atoms with Crippen molar-refractivity contribution in [1.82, 2.24) is 10.6 Å². The van der Waals surface area contributed by atoms with Gasteiger partial charge in [-0.2, -0.15) is 0 Å². The van der Waals surface area contributed by atoms with Gasteiger partial charge in [-0.05, 0) is 31.0 Å². The zero-order chi connectivity index (χ0) is 20.1. The fourth-order valence-corrected chi connectivity index (χ4v) is 3.69. The van der Waals surface area contributed by atoms with Crippen LogP contribution in [0.5, 0.6) is 0 Å². The number of fused-ring (bicyclic) bond motifs is 1. The summed E-state index contributed by atoms with van der Waals surface area (Å²) in [5.41, 5.74) is 2.37. The van der Waals surface area contributed by atoms with E-state index in [-0.39, 0.29) is 24.1 Å². The van der Waals surface area contributed by atoms with Crippen LogP contribution in [-0.2, 0) is 9.53 Å². The largest absolute Gasteiger partial charge is 0.463 e. The highest BCUT2D eigenvalue weighted by Crippen LogP contribution is 2.22. The summed E-state index contributed by atoms with van der Waals surface area (Å²) in [6, 6.07) is 14.1. The van der Waals surface area contributed by atoms with Crippen LogP contribution in [0.15, 0.2) is 53.7 Å². The fourth-order valence-electron chi connectivity index (χ4n) is 3.69. The van der Waals surface area contributed by atoms with Crippen LogP contribution in [0.3, 0.4) is 0 Å². The van der Waals surface area contributed by atoms with Crippen molar-refractivity contribution in [2.24, 2.45) is 0 Å². The number of carbonyl (C=O) groups excluding carboxylic acids is 2. The number of esters is 1. The van der Waals surface area contributed by atoms with Crippen molar-refractivity contribution in [1.29, 1.82) is 0 Å². The Morgan fingerprint density at radius 3 is 2.68 bits per heavy atom. The van der Waals surface area contributed by atoms with Gasteiger partial charge in [0.05, 0.1) is 23.9 Å². The van der Waals surface area contributed by atoms with E-state index in [1.165, 1.54) is 16.3 Å². The minimum absolute atomic E-state index is 0.161. The quantitative estimate of drug-likeness (QED) is 0.643. The van der Waals surface area contributed by atoms with Crippen LogP contribution in [0.25, 0.3) is 10.8 Å². The monoisotopic (exact) mass is 382 g/mol. The van der Waals surface area contributed by atoms with Gasteiger partial charge in [0.15, 0.2) is 0 Å². The number of rotatable bonds is 7. The fraction of sp³-hybridized carbons (Fsp3) is 0.364. The second-order valence-corrected chi connectivity index (χ2v) is 6.97. The molecule has 2 atom stereocenters. The lowest BCUT2D eigenvalue weighted by atomic mass is 9.98. The van der Waals surface area contributed by atoms with Gasteiger partial charge >= 0.3 is 12.0 Å². The molecule has 0 radical (unpaired) electrons. The average Bonchev–Trinajstić information content (AvgIpc) is 2.71.